The molecule has 0 aliphatic carbocycles. The van der Waals surface area contributed by atoms with Crippen LogP contribution >= 0.6 is 11.8 Å². The first-order valence-corrected chi connectivity index (χ1v) is 15.7. The van der Waals surface area contributed by atoms with Crippen LogP contribution in [-0.2, 0) is 0 Å². The summed E-state index contributed by atoms with van der Waals surface area (Å²) in [5.41, 5.74) is 6.57. The molecule has 13 heteroatoms. The van der Waals surface area contributed by atoms with E-state index in [1.807, 2.05) is 0 Å². The predicted molar refractivity (Wildman–Crippen MR) is 173 cm³/mol. The third-order valence-corrected chi connectivity index (χ3v) is 8.58. The number of nitriles is 1. The maximum Gasteiger partial charge on any atom is 0.573 e. The minimum absolute atomic E-state index is 0.178. The fourth-order valence-corrected chi connectivity index (χ4v) is 6.70. The van der Waals surface area contributed by atoms with Crippen molar-refractivity contribution in [1.82, 2.24) is 20.1 Å². The SMILES string of the molecule is Cc1cc(C)c(N2C(=NC(O)NCC(C#N)c3ccc(-c4ncn(-c5ccc(OC(F)(F)F)cc5)n4)cc3)SCCC2C)c(C)c1. The third kappa shape index (κ3) is 7.88. The number of aliphatic hydroxyl groups excluding tert-OH is 1. The van der Waals surface area contributed by atoms with Crippen LogP contribution < -0.4 is 15.0 Å². The number of benzene rings is 3. The average molecular weight is 650 g/mol. The molecule has 2 heterocycles. The van der Waals surface area contributed by atoms with Crippen LogP contribution in [0.1, 0.15) is 41.5 Å². The Morgan fingerprint density at radius 2 is 1.78 bits per heavy atom. The molecule has 0 saturated carbocycles. The number of alkyl halides is 3. The molecule has 0 radical (unpaired) electrons. The molecule has 0 bridgehead atoms. The van der Waals surface area contributed by atoms with Crippen LogP contribution in [0, 0.1) is 32.1 Å². The van der Waals surface area contributed by atoms with Gasteiger partial charge in [0.1, 0.15) is 12.1 Å². The van der Waals surface area contributed by atoms with Gasteiger partial charge in [0.25, 0.3) is 0 Å². The molecule has 1 aliphatic heterocycles. The molecule has 1 aromatic heterocycles. The Bertz CT molecular complexity index is 1710. The Labute approximate surface area is 269 Å². The van der Waals surface area contributed by atoms with Crippen molar-refractivity contribution in [3.8, 4) is 28.9 Å². The molecular weight excluding hydrogens is 615 g/mol. The number of amidine groups is 1. The minimum atomic E-state index is -4.77. The first kappa shape index (κ1) is 33.0. The fraction of sp³-hybridized carbons (Fsp3) is 0.333. The summed E-state index contributed by atoms with van der Waals surface area (Å²) in [7, 11) is 0. The lowest BCUT2D eigenvalue weighted by atomic mass is 9.99. The standard InChI is InChI=1S/C33H34F3N7O2S/c1-20-15-21(2)29(22(3)16-20)43-23(4)13-14-46-32(43)40-31(44)38-18-26(17-37)24-5-7-25(8-6-24)30-39-19-42(41-30)27-9-11-28(12-10-27)45-33(34,35)36/h5-12,15-16,19,23,26,31,38,44H,13-14,18H2,1-4H3. The third-order valence-electron chi connectivity index (χ3n) is 7.58. The van der Waals surface area contributed by atoms with E-state index in [0.29, 0.717) is 17.1 Å². The normalized spacial score (nSPS) is 17.5. The number of hydrogen-bond donors (Lipinski definition) is 2. The maximum atomic E-state index is 12.4. The molecule has 3 unspecified atom stereocenters. The number of rotatable bonds is 9. The Morgan fingerprint density at radius 3 is 2.41 bits per heavy atom. The second-order valence-electron chi connectivity index (χ2n) is 11.2. The molecule has 3 atom stereocenters. The van der Waals surface area contributed by atoms with E-state index in [4.69, 9.17) is 0 Å². The van der Waals surface area contributed by atoms with E-state index in [2.05, 4.69) is 75.9 Å². The van der Waals surface area contributed by atoms with Crippen molar-refractivity contribution in [2.24, 2.45) is 4.99 Å². The van der Waals surface area contributed by atoms with E-state index in [9.17, 15) is 23.5 Å². The summed E-state index contributed by atoms with van der Waals surface area (Å²) in [6, 6.07) is 19.3. The van der Waals surface area contributed by atoms with Crippen LogP contribution in [0.15, 0.2) is 72.0 Å². The molecule has 2 N–H and O–H groups in total. The van der Waals surface area contributed by atoms with Crippen molar-refractivity contribution in [2.45, 2.75) is 58.8 Å². The molecule has 4 aromatic rings. The van der Waals surface area contributed by atoms with Crippen LogP contribution in [0.25, 0.3) is 17.1 Å². The maximum absolute atomic E-state index is 12.4. The van der Waals surface area contributed by atoms with Crippen molar-refractivity contribution in [2.75, 3.05) is 17.2 Å². The van der Waals surface area contributed by atoms with Crippen LogP contribution in [0.2, 0.25) is 0 Å². The average Bonchev–Trinajstić information content (AvgIpc) is 3.49. The number of aryl methyl sites for hydroxylation is 3. The summed E-state index contributed by atoms with van der Waals surface area (Å²) < 4.78 is 42.7. The topological polar surface area (TPSA) is 112 Å². The molecule has 9 nitrogen and oxygen atoms in total. The molecular formula is C33H34F3N7O2S. The highest BCUT2D eigenvalue weighted by Gasteiger charge is 2.31. The van der Waals surface area contributed by atoms with Gasteiger partial charge >= 0.3 is 6.36 Å². The largest absolute Gasteiger partial charge is 0.573 e. The quantitative estimate of drug-likeness (QED) is 0.195. The Hall–Kier alpha value is -4.38. The number of aromatic nitrogens is 3. The van der Waals surface area contributed by atoms with Gasteiger partial charge in [-0.05, 0) is 75.1 Å². The smallest absolute Gasteiger partial charge is 0.406 e. The van der Waals surface area contributed by atoms with Crippen LogP contribution in [0.4, 0.5) is 18.9 Å². The monoisotopic (exact) mass is 649 g/mol. The van der Waals surface area contributed by atoms with Crippen molar-refractivity contribution in [3.05, 3.63) is 89.2 Å². The number of aliphatic imine (C=N–C) groups is 1. The predicted octanol–water partition coefficient (Wildman–Crippen LogP) is 6.62. The number of thioether (sulfide) groups is 1. The van der Waals surface area contributed by atoms with Gasteiger partial charge < -0.3 is 14.7 Å². The zero-order valence-corrected chi connectivity index (χ0v) is 26.6. The Balaban J connectivity index is 1.23. The summed E-state index contributed by atoms with van der Waals surface area (Å²) in [5.74, 6) is 0.423. The molecule has 3 aromatic carbocycles. The number of nitrogens with one attached hydrogen (secondary N) is 1. The number of ether oxygens (including phenoxy) is 1. The van der Waals surface area contributed by atoms with Crippen molar-refractivity contribution >= 4 is 22.6 Å². The van der Waals surface area contributed by atoms with E-state index in [-0.39, 0.29) is 18.3 Å². The minimum Gasteiger partial charge on any atom is -0.406 e. The number of hydrogen-bond acceptors (Lipinski definition) is 8. The number of aliphatic hydroxyl groups is 1. The van der Waals surface area contributed by atoms with E-state index < -0.39 is 18.6 Å². The van der Waals surface area contributed by atoms with Gasteiger partial charge in [-0.3, -0.25) is 5.32 Å². The summed E-state index contributed by atoms with van der Waals surface area (Å²) in [6.45, 7) is 8.61. The van der Waals surface area contributed by atoms with Gasteiger partial charge in [0.05, 0.1) is 17.7 Å². The summed E-state index contributed by atoms with van der Waals surface area (Å²) in [4.78, 5) is 11.1. The van der Waals surface area contributed by atoms with E-state index in [0.717, 1.165) is 39.7 Å². The van der Waals surface area contributed by atoms with E-state index in [1.54, 1.807) is 36.0 Å². The first-order valence-electron chi connectivity index (χ1n) is 14.7. The van der Waals surface area contributed by atoms with Gasteiger partial charge in [-0.1, -0.05) is 53.7 Å². The van der Waals surface area contributed by atoms with Crippen molar-refractivity contribution < 1.29 is 23.0 Å². The summed E-state index contributed by atoms with van der Waals surface area (Å²) in [5, 5.41) is 28.9. The highest BCUT2D eigenvalue weighted by molar-refractivity contribution is 8.14. The first-order chi connectivity index (χ1) is 21.9. The van der Waals surface area contributed by atoms with Gasteiger partial charge in [0, 0.05) is 29.6 Å². The van der Waals surface area contributed by atoms with Crippen LogP contribution in [0.3, 0.4) is 0 Å². The molecule has 0 spiro atoms. The molecule has 0 amide bonds. The lowest BCUT2D eigenvalue weighted by Crippen LogP contribution is -2.44. The molecule has 5 rings (SSSR count). The molecule has 1 aliphatic rings. The second kappa shape index (κ2) is 13.9. The van der Waals surface area contributed by atoms with Crippen LogP contribution in [0.5, 0.6) is 5.75 Å². The lowest BCUT2D eigenvalue weighted by molar-refractivity contribution is -0.274. The fourth-order valence-electron chi connectivity index (χ4n) is 5.47. The Kier molecular flexibility index (Phi) is 10.0. The van der Waals surface area contributed by atoms with Gasteiger partial charge in [0.15, 0.2) is 11.0 Å². The lowest BCUT2D eigenvalue weighted by Gasteiger charge is -2.38. The second-order valence-corrected chi connectivity index (χ2v) is 12.2. The highest BCUT2D eigenvalue weighted by atomic mass is 32.2. The van der Waals surface area contributed by atoms with Gasteiger partial charge in [-0.15, -0.1) is 18.3 Å². The zero-order chi connectivity index (χ0) is 33.0. The zero-order valence-electron chi connectivity index (χ0n) is 25.8. The molecule has 1 fully saturated rings. The van der Waals surface area contributed by atoms with Gasteiger partial charge in [-0.2, -0.15) is 5.26 Å². The molecule has 240 valence electrons. The summed E-state index contributed by atoms with van der Waals surface area (Å²) in [6.07, 6.45) is -3.51. The molecule has 1 saturated heterocycles. The summed E-state index contributed by atoms with van der Waals surface area (Å²) >= 11 is 1.61. The highest BCUT2D eigenvalue weighted by Crippen LogP contribution is 2.35. The van der Waals surface area contributed by atoms with E-state index >= 15 is 0 Å². The Morgan fingerprint density at radius 1 is 1.11 bits per heavy atom. The number of anilines is 1. The van der Waals surface area contributed by atoms with Crippen LogP contribution in [-0.4, -0.2) is 56.1 Å². The van der Waals surface area contributed by atoms with E-state index in [1.165, 1.54) is 40.8 Å². The molecule has 46 heavy (non-hydrogen) atoms. The van der Waals surface area contributed by atoms with Crippen molar-refractivity contribution in [1.29, 1.82) is 5.26 Å². The van der Waals surface area contributed by atoms with Gasteiger partial charge in [0.2, 0.25) is 6.35 Å². The number of halogens is 3. The van der Waals surface area contributed by atoms with Crippen molar-refractivity contribution in [3.63, 3.8) is 0 Å². The number of nitrogens with zero attached hydrogens (tertiary/aromatic N) is 6. The van der Waals surface area contributed by atoms with Gasteiger partial charge in [-0.25, -0.2) is 14.7 Å².